The van der Waals surface area contributed by atoms with E-state index in [9.17, 15) is 4.79 Å². The summed E-state index contributed by atoms with van der Waals surface area (Å²) < 4.78 is 0. The number of nitrogens with two attached hydrogens (primary N) is 1. The highest BCUT2D eigenvalue weighted by Gasteiger charge is 2.24. The lowest BCUT2D eigenvalue weighted by atomic mass is 9.96. The van der Waals surface area contributed by atoms with Crippen molar-refractivity contribution in [1.82, 2.24) is 9.97 Å². The maximum absolute atomic E-state index is 11.3. The van der Waals surface area contributed by atoms with Crippen LogP contribution in [0.15, 0.2) is 6.07 Å². The van der Waals surface area contributed by atoms with E-state index in [2.05, 4.69) is 34.8 Å². The smallest absolute Gasteiger partial charge is 0.227 e. The van der Waals surface area contributed by atoms with Gasteiger partial charge in [0.25, 0.3) is 0 Å². The lowest BCUT2D eigenvalue weighted by Gasteiger charge is -2.32. The maximum Gasteiger partial charge on any atom is 0.227 e. The number of hydrogen-bond donors (Lipinski definition) is 1. The van der Waals surface area contributed by atoms with Crippen LogP contribution in [-0.4, -0.2) is 43.1 Å². The number of primary amides is 1. The van der Waals surface area contributed by atoms with E-state index in [4.69, 9.17) is 5.73 Å². The van der Waals surface area contributed by atoms with Crippen molar-refractivity contribution in [2.75, 3.05) is 37.0 Å². The molecule has 1 amide bonds. The summed E-state index contributed by atoms with van der Waals surface area (Å²) in [6.45, 7) is 5.89. The summed E-state index contributed by atoms with van der Waals surface area (Å²) in [5.74, 6) is 1.84. The highest BCUT2D eigenvalue weighted by Crippen LogP contribution is 2.25. The average Bonchev–Trinajstić information content (AvgIpc) is 2.46. The van der Waals surface area contributed by atoms with Gasteiger partial charge in [0, 0.05) is 39.2 Å². The molecule has 1 saturated heterocycles. The number of nitrogens with zero attached hydrogens (tertiary/aromatic N) is 4. The van der Waals surface area contributed by atoms with Crippen LogP contribution in [0.5, 0.6) is 0 Å². The summed E-state index contributed by atoms with van der Waals surface area (Å²) in [6, 6.07) is 2.06. The minimum absolute atomic E-state index is 0.000903. The highest BCUT2D eigenvalue weighted by atomic mass is 16.1. The Labute approximate surface area is 126 Å². The van der Waals surface area contributed by atoms with Crippen molar-refractivity contribution in [2.24, 2.45) is 11.7 Å². The van der Waals surface area contributed by atoms with E-state index < -0.39 is 0 Å². The Morgan fingerprint density at radius 3 is 2.43 bits per heavy atom. The van der Waals surface area contributed by atoms with Crippen LogP contribution >= 0.6 is 0 Å². The van der Waals surface area contributed by atoms with E-state index in [1.165, 1.54) is 0 Å². The standard InChI is InChI=1S/C15H25N5O/c1-10(2)12-9-13(18-15(17-12)19(3)4)20-7-5-11(6-8-20)14(16)21/h9-11H,5-8H2,1-4H3,(H2,16,21). The average molecular weight is 291 g/mol. The van der Waals surface area contributed by atoms with Gasteiger partial charge < -0.3 is 15.5 Å². The van der Waals surface area contributed by atoms with Gasteiger partial charge in [0.05, 0.1) is 5.69 Å². The van der Waals surface area contributed by atoms with Crippen molar-refractivity contribution in [3.05, 3.63) is 11.8 Å². The molecule has 2 heterocycles. The molecule has 1 aliphatic rings. The number of hydrogen-bond acceptors (Lipinski definition) is 5. The SMILES string of the molecule is CC(C)c1cc(N2CCC(C(N)=O)CC2)nc(N(C)C)n1. The molecule has 0 radical (unpaired) electrons. The topological polar surface area (TPSA) is 75.3 Å². The quantitative estimate of drug-likeness (QED) is 0.906. The number of piperidine rings is 1. The second-order valence-corrected chi connectivity index (χ2v) is 6.16. The third-order valence-electron chi connectivity index (χ3n) is 3.93. The molecule has 0 bridgehead atoms. The molecule has 1 aliphatic heterocycles. The van der Waals surface area contributed by atoms with Gasteiger partial charge in [-0.05, 0) is 18.8 Å². The van der Waals surface area contributed by atoms with Gasteiger partial charge in [-0.25, -0.2) is 4.98 Å². The Hall–Kier alpha value is -1.85. The first-order valence-corrected chi connectivity index (χ1v) is 7.49. The van der Waals surface area contributed by atoms with Gasteiger partial charge in [-0.2, -0.15) is 4.98 Å². The largest absolute Gasteiger partial charge is 0.369 e. The molecule has 1 fully saturated rings. The monoisotopic (exact) mass is 291 g/mol. The molecule has 1 aromatic heterocycles. The molecule has 0 atom stereocenters. The zero-order valence-electron chi connectivity index (χ0n) is 13.3. The normalized spacial score (nSPS) is 16.3. The van der Waals surface area contributed by atoms with Crippen LogP contribution in [0.3, 0.4) is 0 Å². The molecule has 0 aliphatic carbocycles. The predicted molar refractivity (Wildman–Crippen MR) is 84.6 cm³/mol. The minimum atomic E-state index is -0.186. The van der Waals surface area contributed by atoms with Crippen molar-refractivity contribution in [1.29, 1.82) is 0 Å². The molecule has 6 heteroatoms. The Balaban J connectivity index is 2.21. The molecule has 6 nitrogen and oxygen atoms in total. The molecule has 116 valence electrons. The molecular weight excluding hydrogens is 266 g/mol. The van der Waals surface area contributed by atoms with Gasteiger partial charge in [0.15, 0.2) is 0 Å². The third kappa shape index (κ3) is 3.62. The third-order valence-corrected chi connectivity index (χ3v) is 3.93. The van der Waals surface area contributed by atoms with Crippen LogP contribution in [0.2, 0.25) is 0 Å². The van der Waals surface area contributed by atoms with Crippen LogP contribution in [0.4, 0.5) is 11.8 Å². The summed E-state index contributed by atoms with van der Waals surface area (Å²) in [5, 5.41) is 0. The molecule has 0 unspecified atom stereocenters. The first kappa shape index (κ1) is 15.5. The molecular formula is C15H25N5O. The van der Waals surface area contributed by atoms with Gasteiger partial charge in [-0.3, -0.25) is 4.79 Å². The fourth-order valence-electron chi connectivity index (χ4n) is 2.49. The fraction of sp³-hybridized carbons (Fsp3) is 0.667. The Morgan fingerprint density at radius 1 is 1.33 bits per heavy atom. The van der Waals surface area contributed by atoms with Gasteiger partial charge in [-0.1, -0.05) is 13.8 Å². The number of rotatable bonds is 4. The van der Waals surface area contributed by atoms with Crippen molar-refractivity contribution in [3.8, 4) is 0 Å². The molecule has 1 aromatic rings. The zero-order valence-corrected chi connectivity index (χ0v) is 13.3. The second-order valence-electron chi connectivity index (χ2n) is 6.16. The number of carbonyl (C=O) groups is 1. The predicted octanol–water partition coefficient (Wildman–Crippen LogP) is 1.37. The van der Waals surface area contributed by atoms with Crippen molar-refractivity contribution < 1.29 is 4.79 Å². The molecule has 21 heavy (non-hydrogen) atoms. The zero-order chi connectivity index (χ0) is 15.6. The number of carbonyl (C=O) groups excluding carboxylic acids is 1. The molecule has 2 N–H and O–H groups in total. The van der Waals surface area contributed by atoms with E-state index in [0.29, 0.717) is 5.92 Å². The van der Waals surface area contributed by atoms with E-state index in [0.717, 1.165) is 43.4 Å². The number of aromatic nitrogens is 2. The number of anilines is 2. The molecule has 0 aromatic carbocycles. The summed E-state index contributed by atoms with van der Waals surface area (Å²) in [5.41, 5.74) is 6.43. The minimum Gasteiger partial charge on any atom is -0.369 e. The second kappa shape index (κ2) is 6.28. The van der Waals surface area contributed by atoms with Gasteiger partial charge in [-0.15, -0.1) is 0 Å². The summed E-state index contributed by atoms with van der Waals surface area (Å²) in [7, 11) is 3.89. The summed E-state index contributed by atoms with van der Waals surface area (Å²) in [6.07, 6.45) is 1.60. The van der Waals surface area contributed by atoms with Crippen LogP contribution in [0, 0.1) is 5.92 Å². The first-order chi connectivity index (χ1) is 9.88. The van der Waals surface area contributed by atoms with Gasteiger partial charge in [0.1, 0.15) is 5.82 Å². The molecule has 0 spiro atoms. The summed E-state index contributed by atoms with van der Waals surface area (Å²) >= 11 is 0. The van der Waals surface area contributed by atoms with E-state index in [1.54, 1.807) is 0 Å². The first-order valence-electron chi connectivity index (χ1n) is 7.49. The van der Waals surface area contributed by atoms with Crippen LogP contribution in [-0.2, 0) is 4.79 Å². The Bertz CT molecular complexity index is 481. The maximum atomic E-state index is 11.3. The van der Waals surface area contributed by atoms with Crippen molar-refractivity contribution in [2.45, 2.75) is 32.6 Å². The molecule has 2 rings (SSSR count). The Morgan fingerprint density at radius 2 is 1.95 bits per heavy atom. The van der Waals surface area contributed by atoms with Gasteiger partial charge in [0.2, 0.25) is 11.9 Å². The molecule has 0 saturated carbocycles. The van der Waals surface area contributed by atoms with Crippen molar-refractivity contribution >= 4 is 17.7 Å². The van der Waals surface area contributed by atoms with Crippen LogP contribution in [0.1, 0.15) is 38.3 Å². The lowest BCUT2D eigenvalue weighted by Crippen LogP contribution is -2.39. The highest BCUT2D eigenvalue weighted by molar-refractivity contribution is 5.77. The van der Waals surface area contributed by atoms with Gasteiger partial charge >= 0.3 is 0 Å². The van der Waals surface area contributed by atoms with E-state index >= 15 is 0 Å². The summed E-state index contributed by atoms with van der Waals surface area (Å²) in [4.78, 5) is 24.6. The van der Waals surface area contributed by atoms with E-state index in [1.807, 2.05) is 19.0 Å². The Kier molecular flexibility index (Phi) is 4.65. The fourth-order valence-corrected chi connectivity index (χ4v) is 2.49. The van der Waals surface area contributed by atoms with E-state index in [-0.39, 0.29) is 11.8 Å². The number of amides is 1. The lowest BCUT2D eigenvalue weighted by molar-refractivity contribution is -0.122. The van der Waals surface area contributed by atoms with Crippen LogP contribution < -0.4 is 15.5 Å². The van der Waals surface area contributed by atoms with Crippen molar-refractivity contribution in [3.63, 3.8) is 0 Å². The van der Waals surface area contributed by atoms with Crippen LogP contribution in [0.25, 0.3) is 0 Å².